The molecule has 3 heterocycles. The third kappa shape index (κ3) is 4.45. The number of pyridine rings is 1. The van der Waals surface area contributed by atoms with E-state index in [2.05, 4.69) is 42.2 Å². The maximum atomic E-state index is 12.8. The van der Waals surface area contributed by atoms with Gasteiger partial charge in [0.1, 0.15) is 6.54 Å². The van der Waals surface area contributed by atoms with Crippen LogP contribution in [-0.4, -0.2) is 53.0 Å². The van der Waals surface area contributed by atoms with E-state index in [1.165, 1.54) is 22.6 Å². The lowest BCUT2D eigenvalue weighted by Crippen LogP contribution is -2.53. The lowest BCUT2D eigenvalue weighted by atomic mass is 9.68. The number of piperidine rings is 2. The Kier molecular flexibility index (Phi) is 5.86. The summed E-state index contributed by atoms with van der Waals surface area (Å²) >= 11 is 0. The summed E-state index contributed by atoms with van der Waals surface area (Å²) in [6, 6.07) is 15.9. The number of benzene rings is 1. The molecule has 2 saturated heterocycles. The molecule has 0 radical (unpaired) electrons. The predicted octanol–water partition coefficient (Wildman–Crippen LogP) is 2.97. The fraction of sp³-hybridized carbons (Fsp3) is 0.500. The van der Waals surface area contributed by atoms with Crippen LogP contribution in [0.3, 0.4) is 0 Å². The van der Waals surface area contributed by atoms with Gasteiger partial charge in [0.05, 0.1) is 0 Å². The average molecular weight is 394 g/mol. The van der Waals surface area contributed by atoms with Crippen LogP contribution in [0.5, 0.6) is 0 Å². The average Bonchev–Trinajstić information content (AvgIpc) is 2.76. The minimum absolute atomic E-state index is 0.0518. The second-order valence-corrected chi connectivity index (χ2v) is 8.69. The number of amides is 1. The van der Waals surface area contributed by atoms with Crippen LogP contribution >= 0.6 is 0 Å². The number of carbonyl (C=O) groups excluding carboxylic acids is 1. The largest absolute Gasteiger partial charge is 0.341 e. The summed E-state index contributed by atoms with van der Waals surface area (Å²) in [5.41, 5.74) is 1.60. The summed E-state index contributed by atoms with van der Waals surface area (Å²) in [4.78, 5) is 29.2. The molecule has 1 aromatic carbocycles. The molecule has 1 aromatic heterocycles. The van der Waals surface area contributed by atoms with Crippen molar-refractivity contribution in [2.75, 3.05) is 32.7 Å². The molecule has 5 nitrogen and oxygen atoms in total. The van der Waals surface area contributed by atoms with Crippen molar-refractivity contribution in [2.45, 2.75) is 38.6 Å². The van der Waals surface area contributed by atoms with Crippen molar-refractivity contribution in [3.8, 4) is 0 Å². The van der Waals surface area contributed by atoms with Gasteiger partial charge in [-0.15, -0.1) is 0 Å². The van der Waals surface area contributed by atoms with E-state index in [0.717, 1.165) is 45.6 Å². The second-order valence-electron chi connectivity index (χ2n) is 8.69. The van der Waals surface area contributed by atoms with Gasteiger partial charge in [-0.1, -0.05) is 43.3 Å². The first-order valence-corrected chi connectivity index (χ1v) is 10.8. The van der Waals surface area contributed by atoms with E-state index in [1.807, 2.05) is 4.90 Å². The van der Waals surface area contributed by atoms with Crippen molar-refractivity contribution < 1.29 is 4.79 Å². The molecule has 2 aliphatic rings. The van der Waals surface area contributed by atoms with E-state index < -0.39 is 0 Å². The summed E-state index contributed by atoms with van der Waals surface area (Å²) < 4.78 is 1.50. The summed E-state index contributed by atoms with van der Waals surface area (Å²) in [5.74, 6) is 0.617. The molecular weight excluding hydrogens is 362 g/mol. The van der Waals surface area contributed by atoms with Crippen molar-refractivity contribution in [1.82, 2.24) is 14.4 Å². The normalized spacial score (nSPS) is 22.0. The highest BCUT2D eigenvalue weighted by Crippen LogP contribution is 2.45. The summed E-state index contributed by atoms with van der Waals surface area (Å²) in [7, 11) is 0. The minimum Gasteiger partial charge on any atom is -0.341 e. The molecule has 1 atom stereocenters. The lowest BCUT2D eigenvalue weighted by Gasteiger charge is -2.50. The van der Waals surface area contributed by atoms with Gasteiger partial charge >= 0.3 is 0 Å². The van der Waals surface area contributed by atoms with Gasteiger partial charge in [0.25, 0.3) is 5.56 Å². The van der Waals surface area contributed by atoms with E-state index in [1.54, 1.807) is 18.3 Å². The first kappa shape index (κ1) is 19.9. The standard InChI is InChI=1S/C24H31N3O2/c1-2-25-17-21(20-8-4-3-5-9-20)16-24(19-25)11-14-26(15-12-24)23(29)18-27-13-7-6-10-22(27)28/h3-10,13,21H,2,11-12,14-19H2,1H3/t21-/m0/s1. The van der Waals surface area contributed by atoms with Crippen LogP contribution in [0.1, 0.15) is 37.7 Å². The molecule has 29 heavy (non-hydrogen) atoms. The molecule has 5 heteroatoms. The molecule has 2 aromatic rings. The summed E-state index contributed by atoms with van der Waals surface area (Å²) in [6.45, 7) is 7.30. The minimum atomic E-state index is -0.120. The van der Waals surface area contributed by atoms with Gasteiger partial charge < -0.3 is 14.4 Å². The summed E-state index contributed by atoms with van der Waals surface area (Å²) in [6.07, 6.45) is 4.98. The highest BCUT2D eigenvalue weighted by atomic mass is 16.2. The quantitative estimate of drug-likeness (QED) is 0.802. The van der Waals surface area contributed by atoms with Crippen molar-refractivity contribution in [1.29, 1.82) is 0 Å². The molecule has 0 bridgehead atoms. The van der Waals surface area contributed by atoms with Crippen LogP contribution in [0.25, 0.3) is 0 Å². The van der Waals surface area contributed by atoms with Gasteiger partial charge in [0.15, 0.2) is 0 Å². The number of nitrogens with zero attached hydrogens (tertiary/aromatic N) is 3. The number of likely N-dealkylation sites (N-methyl/N-ethyl adjacent to an activating group) is 1. The SMILES string of the molecule is CCN1C[C@@H](c2ccccc2)CC2(CCN(C(=O)Cn3ccccc3=O)CC2)C1. The Morgan fingerprint density at radius 3 is 2.48 bits per heavy atom. The van der Waals surface area contributed by atoms with E-state index in [0.29, 0.717) is 5.92 Å². The third-order valence-corrected chi connectivity index (χ3v) is 6.82. The Balaban J connectivity index is 1.42. The van der Waals surface area contributed by atoms with Gasteiger partial charge in [-0.25, -0.2) is 0 Å². The summed E-state index contributed by atoms with van der Waals surface area (Å²) in [5, 5.41) is 0. The molecule has 4 rings (SSSR count). The number of aromatic nitrogens is 1. The van der Waals surface area contributed by atoms with E-state index in [9.17, 15) is 9.59 Å². The number of carbonyl (C=O) groups is 1. The second kappa shape index (κ2) is 8.54. The van der Waals surface area contributed by atoms with Crippen LogP contribution in [-0.2, 0) is 11.3 Å². The van der Waals surface area contributed by atoms with Crippen LogP contribution in [0.15, 0.2) is 59.5 Å². The molecule has 0 N–H and O–H groups in total. The topological polar surface area (TPSA) is 45.5 Å². The third-order valence-electron chi connectivity index (χ3n) is 6.82. The molecule has 0 aliphatic carbocycles. The smallest absolute Gasteiger partial charge is 0.250 e. The maximum absolute atomic E-state index is 12.8. The predicted molar refractivity (Wildman–Crippen MR) is 115 cm³/mol. The molecule has 0 unspecified atom stereocenters. The van der Waals surface area contributed by atoms with Gasteiger partial charge in [0.2, 0.25) is 5.91 Å². The fourth-order valence-electron chi connectivity index (χ4n) is 5.12. The molecule has 1 spiro atoms. The zero-order valence-corrected chi connectivity index (χ0v) is 17.3. The van der Waals surface area contributed by atoms with Gasteiger partial charge in [-0.05, 0) is 48.8 Å². The first-order valence-electron chi connectivity index (χ1n) is 10.8. The van der Waals surface area contributed by atoms with E-state index in [-0.39, 0.29) is 23.4 Å². The van der Waals surface area contributed by atoms with Crippen molar-refractivity contribution in [2.24, 2.45) is 5.41 Å². The Bertz CT molecular complexity index is 884. The lowest BCUT2D eigenvalue weighted by molar-refractivity contribution is -0.135. The number of hydrogen-bond acceptors (Lipinski definition) is 3. The van der Waals surface area contributed by atoms with E-state index in [4.69, 9.17) is 0 Å². The number of likely N-dealkylation sites (tertiary alicyclic amines) is 2. The van der Waals surface area contributed by atoms with Crippen LogP contribution in [0, 0.1) is 5.41 Å². The number of rotatable bonds is 4. The molecule has 2 aliphatic heterocycles. The van der Waals surface area contributed by atoms with Crippen molar-refractivity contribution in [3.63, 3.8) is 0 Å². The van der Waals surface area contributed by atoms with Crippen LogP contribution in [0.2, 0.25) is 0 Å². The first-order chi connectivity index (χ1) is 14.1. The Hall–Kier alpha value is -2.40. The molecular formula is C24H31N3O2. The Labute approximate surface area is 172 Å². The number of hydrogen-bond donors (Lipinski definition) is 0. The van der Waals surface area contributed by atoms with Crippen LogP contribution < -0.4 is 5.56 Å². The van der Waals surface area contributed by atoms with E-state index >= 15 is 0 Å². The Morgan fingerprint density at radius 2 is 1.79 bits per heavy atom. The Morgan fingerprint density at radius 1 is 1.07 bits per heavy atom. The zero-order chi connectivity index (χ0) is 20.3. The molecule has 154 valence electrons. The molecule has 0 saturated carbocycles. The van der Waals surface area contributed by atoms with Gasteiger partial charge in [-0.3, -0.25) is 9.59 Å². The highest BCUT2D eigenvalue weighted by molar-refractivity contribution is 5.76. The van der Waals surface area contributed by atoms with Crippen LogP contribution in [0.4, 0.5) is 0 Å². The van der Waals surface area contributed by atoms with Gasteiger partial charge in [-0.2, -0.15) is 0 Å². The van der Waals surface area contributed by atoms with Gasteiger partial charge in [0, 0.05) is 38.4 Å². The highest BCUT2D eigenvalue weighted by Gasteiger charge is 2.42. The maximum Gasteiger partial charge on any atom is 0.250 e. The zero-order valence-electron chi connectivity index (χ0n) is 17.3. The molecule has 2 fully saturated rings. The fourth-order valence-corrected chi connectivity index (χ4v) is 5.12. The van der Waals surface area contributed by atoms with Crippen molar-refractivity contribution in [3.05, 3.63) is 70.6 Å². The monoisotopic (exact) mass is 393 g/mol. The van der Waals surface area contributed by atoms with Crippen molar-refractivity contribution >= 4 is 5.91 Å². The molecule has 1 amide bonds.